The summed E-state index contributed by atoms with van der Waals surface area (Å²) in [7, 11) is -3.53. The topological polar surface area (TPSA) is 122 Å². The molecule has 3 rings (SSSR count). The van der Waals surface area contributed by atoms with Crippen molar-refractivity contribution in [1.82, 2.24) is 5.43 Å². The molecule has 34 heavy (non-hydrogen) atoms. The summed E-state index contributed by atoms with van der Waals surface area (Å²) >= 11 is 0. The van der Waals surface area contributed by atoms with Crippen LogP contribution in [-0.4, -0.2) is 31.7 Å². The molecule has 1 amide bonds. The molecule has 0 atom stereocenters. The standard InChI is InChI=1S/C24H24N4O5S/c1-17-7-12-22(13-18(17)2)27(34(3,32)33)16-19-8-10-21(11-9-19)24(29)26-25-15-20-5-4-6-23(14-20)28(30)31/h4-15H,16H2,1-3H3,(H,26,29)/b25-15-. The molecule has 0 heterocycles. The number of carbonyl (C=O) groups is 1. The summed E-state index contributed by atoms with van der Waals surface area (Å²) in [5, 5.41) is 14.7. The first-order chi connectivity index (χ1) is 16.0. The number of aryl methyl sites for hydroxylation is 2. The van der Waals surface area contributed by atoms with Gasteiger partial charge in [0.2, 0.25) is 10.0 Å². The highest BCUT2D eigenvalue weighted by atomic mass is 32.2. The molecule has 0 fully saturated rings. The number of non-ortho nitro benzene ring substituents is 1. The first kappa shape index (κ1) is 24.6. The Morgan fingerprint density at radius 1 is 1.06 bits per heavy atom. The number of amides is 1. The largest absolute Gasteiger partial charge is 0.271 e. The van der Waals surface area contributed by atoms with E-state index in [1.54, 1.807) is 36.4 Å². The number of nitrogens with one attached hydrogen (secondary N) is 1. The predicted molar refractivity (Wildman–Crippen MR) is 132 cm³/mol. The zero-order valence-electron chi connectivity index (χ0n) is 18.9. The van der Waals surface area contributed by atoms with Gasteiger partial charge in [0.1, 0.15) is 0 Å². The molecule has 3 aromatic carbocycles. The van der Waals surface area contributed by atoms with Gasteiger partial charge < -0.3 is 0 Å². The van der Waals surface area contributed by atoms with E-state index in [2.05, 4.69) is 10.5 Å². The molecule has 9 nitrogen and oxygen atoms in total. The molecule has 1 N–H and O–H groups in total. The summed E-state index contributed by atoms with van der Waals surface area (Å²) in [6.07, 6.45) is 2.47. The average Bonchev–Trinajstić information content (AvgIpc) is 2.79. The van der Waals surface area contributed by atoms with Gasteiger partial charge in [-0.25, -0.2) is 13.8 Å². The Kier molecular flexibility index (Phi) is 7.42. The Labute approximate surface area is 197 Å². The van der Waals surface area contributed by atoms with Gasteiger partial charge in [-0.15, -0.1) is 0 Å². The van der Waals surface area contributed by atoms with Gasteiger partial charge in [-0.2, -0.15) is 5.10 Å². The lowest BCUT2D eigenvalue weighted by atomic mass is 10.1. The number of sulfonamides is 1. The van der Waals surface area contributed by atoms with E-state index in [-0.39, 0.29) is 12.2 Å². The van der Waals surface area contributed by atoms with E-state index < -0.39 is 20.9 Å². The van der Waals surface area contributed by atoms with Crippen LogP contribution < -0.4 is 9.73 Å². The van der Waals surface area contributed by atoms with Crippen molar-refractivity contribution >= 4 is 33.5 Å². The summed E-state index contributed by atoms with van der Waals surface area (Å²) in [6, 6.07) is 17.8. The molecule has 0 aliphatic carbocycles. The highest BCUT2D eigenvalue weighted by Crippen LogP contribution is 2.23. The summed E-state index contributed by atoms with van der Waals surface area (Å²) < 4.78 is 26.1. The minimum absolute atomic E-state index is 0.0743. The maximum Gasteiger partial charge on any atom is 0.271 e. The Balaban J connectivity index is 1.69. The molecule has 10 heteroatoms. The van der Waals surface area contributed by atoms with Crippen LogP contribution in [0.3, 0.4) is 0 Å². The van der Waals surface area contributed by atoms with E-state index in [4.69, 9.17) is 0 Å². The third-order valence-corrected chi connectivity index (χ3v) is 6.32. The molecule has 0 spiro atoms. The Hall–Kier alpha value is -4.05. The summed E-state index contributed by atoms with van der Waals surface area (Å²) in [5.41, 5.74) is 6.44. The quantitative estimate of drug-likeness (QED) is 0.297. The van der Waals surface area contributed by atoms with Crippen LogP contribution in [0.15, 0.2) is 71.8 Å². The minimum atomic E-state index is -3.53. The zero-order chi connectivity index (χ0) is 24.9. The van der Waals surface area contributed by atoms with Crippen molar-refractivity contribution in [2.24, 2.45) is 5.10 Å². The van der Waals surface area contributed by atoms with Crippen LogP contribution in [-0.2, 0) is 16.6 Å². The van der Waals surface area contributed by atoms with Crippen molar-refractivity contribution in [2.45, 2.75) is 20.4 Å². The summed E-state index contributed by atoms with van der Waals surface area (Å²) in [5.74, 6) is -0.470. The van der Waals surface area contributed by atoms with Gasteiger partial charge in [-0.05, 0) is 54.8 Å². The number of nitrogens with zero attached hydrogens (tertiary/aromatic N) is 3. The molecule has 176 valence electrons. The lowest BCUT2D eigenvalue weighted by molar-refractivity contribution is -0.384. The molecule has 0 saturated carbocycles. The predicted octanol–water partition coefficient (Wildman–Crippen LogP) is 3.94. The number of hydrazone groups is 1. The van der Waals surface area contributed by atoms with E-state index in [1.807, 2.05) is 26.0 Å². The van der Waals surface area contributed by atoms with Crippen molar-refractivity contribution in [1.29, 1.82) is 0 Å². The molecule has 0 aromatic heterocycles. The third kappa shape index (κ3) is 6.26. The van der Waals surface area contributed by atoms with E-state index >= 15 is 0 Å². The smallest absolute Gasteiger partial charge is 0.267 e. The molecule has 0 aliphatic heterocycles. The minimum Gasteiger partial charge on any atom is -0.267 e. The van der Waals surface area contributed by atoms with Gasteiger partial charge >= 0.3 is 0 Å². The van der Waals surface area contributed by atoms with E-state index in [1.165, 1.54) is 28.7 Å². The lowest BCUT2D eigenvalue weighted by Crippen LogP contribution is -2.29. The van der Waals surface area contributed by atoms with Crippen molar-refractivity contribution in [3.63, 3.8) is 0 Å². The molecular weight excluding hydrogens is 456 g/mol. The maximum absolute atomic E-state index is 12.4. The fourth-order valence-electron chi connectivity index (χ4n) is 3.16. The van der Waals surface area contributed by atoms with E-state index in [0.717, 1.165) is 17.4 Å². The van der Waals surface area contributed by atoms with Crippen molar-refractivity contribution in [3.05, 3.63) is 105 Å². The van der Waals surface area contributed by atoms with Crippen LogP contribution in [0.4, 0.5) is 11.4 Å². The van der Waals surface area contributed by atoms with Crippen molar-refractivity contribution < 1.29 is 18.1 Å². The monoisotopic (exact) mass is 480 g/mol. The van der Waals surface area contributed by atoms with Gasteiger partial charge in [0.25, 0.3) is 11.6 Å². The van der Waals surface area contributed by atoms with Crippen LogP contribution in [0.5, 0.6) is 0 Å². The molecule has 0 aliphatic rings. The van der Waals surface area contributed by atoms with Crippen LogP contribution >= 0.6 is 0 Å². The fourth-order valence-corrected chi connectivity index (χ4v) is 4.04. The first-order valence-corrected chi connectivity index (χ1v) is 12.1. The molecule has 0 unspecified atom stereocenters. The fraction of sp³-hybridized carbons (Fsp3) is 0.167. The second kappa shape index (κ2) is 10.3. The number of carbonyl (C=O) groups excluding carboxylic acids is 1. The van der Waals surface area contributed by atoms with Gasteiger partial charge in [-0.1, -0.05) is 30.3 Å². The van der Waals surface area contributed by atoms with Crippen LogP contribution in [0.2, 0.25) is 0 Å². The van der Waals surface area contributed by atoms with Crippen LogP contribution in [0, 0.1) is 24.0 Å². The second-order valence-electron chi connectivity index (χ2n) is 7.79. The number of rotatable bonds is 8. The molecule has 0 radical (unpaired) electrons. The lowest BCUT2D eigenvalue weighted by Gasteiger charge is -2.23. The van der Waals surface area contributed by atoms with Gasteiger partial charge in [-0.3, -0.25) is 19.2 Å². The summed E-state index contributed by atoms with van der Waals surface area (Å²) in [6.45, 7) is 4.00. The second-order valence-corrected chi connectivity index (χ2v) is 9.69. The van der Waals surface area contributed by atoms with E-state index in [0.29, 0.717) is 22.4 Å². The van der Waals surface area contributed by atoms with E-state index in [9.17, 15) is 23.3 Å². The number of hydrogen-bond donors (Lipinski definition) is 1. The third-order valence-electron chi connectivity index (χ3n) is 5.18. The Morgan fingerprint density at radius 2 is 1.76 bits per heavy atom. The SMILES string of the molecule is Cc1ccc(N(Cc2ccc(C(=O)N/N=C\c3cccc([N+](=O)[O-])c3)cc2)S(C)(=O)=O)cc1C. The highest BCUT2D eigenvalue weighted by molar-refractivity contribution is 7.92. The number of nitro benzene ring substituents is 1. The number of nitro groups is 1. The first-order valence-electron chi connectivity index (χ1n) is 10.3. The van der Waals surface area contributed by atoms with Crippen LogP contribution in [0.25, 0.3) is 0 Å². The number of benzene rings is 3. The Morgan fingerprint density at radius 3 is 2.38 bits per heavy atom. The number of hydrogen-bond acceptors (Lipinski definition) is 6. The Bertz CT molecular complexity index is 1350. The zero-order valence-corrected chi connectivity index (χ0v) is 19.7. The van der Waals surface area contributed by atoms with Crippen LogP contribution in [0.1, 0.15) is 32.6 Å². The molecule has 0 bridgehead atoms. The normalized spacial score (nSPS) is 11.4. The van der Waals surface area contributed by atoms with Gasteiger partial charge in [0.05, 0.1) is 29.6 Å². The molecule has 0 saturated heterocycles. The molecular formula is C24H24N4O5S. The number of anilines is 1. The van der Waals surface area contributed by atoms with Crippen molar-refractivity contribution in [2.75, 3.05) is 10.6 Å². The average molecular weight is 481 g/mol. The molecule has 3 aromatic rings. The van der Waals surface area contributed by atoms with Gasteiger partial charge in [0, 0.05) is 23.3 Å². The maximum atomic E-state index is 12.4. The summed E-state index contributed by atoms with van der Waals surface area (Å²) in [4.78, 5) is 22.7. The van der Waals surface area contributed by atoms with Crippen molar-refractivity contribution in [3.8, 4) is 0 Å². The van der Waals surface area contributed by atoms with Gasteiger partial charge in [0.15, 0.2) is 0 Å². The highest BCUT2D eigenvalue weighted by Gasteiger charge is 2.18.